The third-order valence-electron chi connectivity index (χ3n) is 1.92. The summed E-state index contributed by atoms with van der Waals surface area (Å²) in [6.45, 7) is 11.1. The Morgan fingerprint density at radius 1 is 1.00 bits per heavy atom. The van der Waals surface area contributed by atoms with E-state index in [4.69, 9.17) is 9.47 Å². The summed E-state index contributed by atoms with van der Waals surface area (Å²) in [5.41, 5.74) is -1.07. The summed E-state index contributed by atoms with van der Waals surface area (Å²) in [6.07, 6.45) is -0.464. The van der Waals surface area contributed by atoms with Crippen LogP contribution in [-0.2, 0) is 14.3 Å². The predicted octanol–water partition coefficient (Wildman–Crippen LogP) is 1.95. The van der Waals surface area contributed by atoms with Gasteiger partial charge in [0, 0.05) is 0 Å². The van der Waals surface area contributed by atoms with E-state index in [0.717, 1.165) is 0 Å². The van der Waals surface area contributed by atoms with Crippen molar-refractivity contribution in [1.82, 2.24) is 4.90 Å². The molecule has 0 N–H and O–H groups in total. The van der Waals surface area contributed by atoms with Crippen LogP contribution in [0.15, 0.2) is 0 Å². The van der Waals surface area contributed by atoms with Gasteiger partial charge in [-0.25, -0.2) is 9.59 Å². The van der Waals surface area contributed by atoms with Crippen LogP contribution < -0.4 is 0 Å². The number of nitrogens with zero attached hydrogens (tertiary/aromatic N) is 1. The van der Waals surface area contributed by atoms with Crippen molar-refractivity contribution in [3.05, 3.63) is 0 Å². The fourth-order valence-corrected chi connectivity index (χ4v) is 1.23. The van der Waals surface area contributed by atoms with E-state index >= 15 is 0 Å². The SMILES string of the molecule is CC(C)(C)OC(=O)C1CN1C(=O)OC(C)(C)C. The van der Waals surface area contributed by atoms with E-state index in [2.05, 4.69) is 0 Å². The highest BCUT2D eigenvalue weighted by atomic mass is 16.6. The largest absolute Gasteiger partial charge is 0.458 e. The molecule has 1 aliphatic heterocycles. The van der Waals surface area contributed by atoms with Crippen molar-refractivity contribution in [3.63, 3.8) is 0 Å². The summed E-state index contributed by atoms with van der Waals surface area (Å²) in [6, 6.07) is -0.482. The average Bonchev–Trinajstić information content (AvgIpc) is 2.74. The topological polar surface area (TPSA) is 55.6 Å². The molecule has 1 heterocycles. The molecule has 1 fully saturated rings. The van der Waals surface area contributed by atoms with Gasteiger partial charge in [0.05, 0.1) is 6.54 Å². The fraction of sp³-hybridized carbons (Fsp3) is 0.833. The molecule has 0 aromatic rings. The minimum atomic E-state index is -0.543. The molecule has 1 atom stereocenters. The molecule has 17 heavy (non-hydrogen) atoms. The molecule has 5 heteroatoms. The van der Waals surface area contributed by atoms with Crippen LogP contribution in [0, 0.1) is 0 Å². The van der Waals surface area contributed by atoms with Gasteiger partial charge in [0.2, 0.25) is 0 Å². The molecule has 0 spiro atoms. The first kappa shape index (κ1) is 13.8. The van der Waals surface area contributed by atoms with E-state index in [9.17, 15) is 9.59 Å². The van der Waals surface area contributed by atoms with Gasteiger partial charge in [-0.05, 0) is 41.5 Å². The first-order chi connectivity index (χ1) is 7.49. The number of hydrogen-bond acceptors (Lipinski definition) is 4. The summed E-state index contributed by atoms with van der Waals surface area (Å²) in [5, 5.41) is 0. The molecular weight excluding hydrogens is 222 g/mol. The molecule has 0 aromatic heterocycles. The quantitative estimate of drug-likeness (QED) is 0.521. The lowest BCUT2D eigenvalue weighted by Gasteiger charge is -2.21. The van der Waals surface area contributed by atoms with Crippen molar-refractivity contribution in [2.24, 2.45) is 0 Å². The lowest BCUT2D eigenvalue weighted by atomic mass is 10.2. The van der Waals surface area contributed by atoms with E-state index in [1.165, 1.54) is 4.90 Å². The Kier molecular flexibility index (Phi) is 3.41. The normalized spacial score (nSPS) is 19.9. The molecular formula is C12H21NO4. The van der Waals surface area contributed by atoms with Gasteiger partial charge >= 0.3 is 12.1 Å². The minimum absolute atomic E-state index is 0.372. The summed E-state index contributed by atoms with van der Waals surface area (Å²) in [4.78, 5) is 24.6. The Labute approximate surface area is 102 Å². The molecule has 0 aliphatic carbocycles. The molecule has 98 valence electrons. The highest BCUT2D eigenvalue weighted by Crippen LogP contribution is 2.24. The van der Waals surface area contributed by atoms with E-state index in [1.807, 2.05) is 0 Å². The third-order valence-corrected chi connectivity index (χ3v) is 1.92. The second kappa shape index (κ2) is 4.20. The highest BCUT2D eigenvalue weighted by Gasteiger charge is 2.48. The minimum Gasteiger partial charge on any atom is -0.458 e. The van der Waals surface area contributed by atoms with Gasteiger partial charge in [-0.1, -0.05) is 0 Å². The molecule has 0 bridgehead atoms. The Morgan fingerprint density at radius 2 is 1.47 bits per heavy atom. The van der Waals surface area contributed by atoms with Crippen LogP contribution in [0.4, 0.5) is 4.79 Å². The number of carbonyl (C=O) groups excluding carboxylic acids is 2. The lowest BCUT2D eigenvalue weighted by Crippen LogP contribution is -2.32. The maximum absolute atomic E-state index is 11.6. The molecule has 0 aromatic carbocycles. The van der Waals surface area contributed by atoms with Crippen molar-refractivity contribution in [2.75, 3.05) is 6.54 Å². The lowest BCUT2D eigenvalue weighted by molar-refractivity contribution is -0.155. The maximum atomic E-state index is 11.6. The van der Waals surface area contributed by atoms with Gasteiger partial charge in [0.25, 0.3) is 0 Å². The van der Waals surface area contributed by atoms with Gasteiger partial charge in [0.15, 0.2) is 6.04 Å². The van der Waals surface area contributed by atoms with Crippen LogP contribution in [-0.4, -0.2) is 40.8 Å². The standard InChI is InChI=1S/C12H21NO4/c1-11(2,3)16-9(14)8-7-13(8)10(15)17-12(4,5)6/h8H,7H2,1-6H3. The Balaban J connectivity index is 2.44. The number of hydrogen-bond donors (Lipinski definition) is 0. The second-order valence-corrected chi connectivity index (χ2v) is 6.18. The van der Waals surface area contributed by atoms with Gasteiger partial charge in [-0.3, -0.25) is 4.90 Å². The first-order valence-corrected chi connectivity index (χ1v) is 5.72. The van der Waals surface area contributed by atoms with E-state index < -0.39 is 23.3 Å². The Hall–Kier alpha value is -1.26. The second-order valence-electron chi connectivity index (χ2n) is 6.18. The number of ether oxygens (including phenoxy) is 2. The van der Waals surface area contributed by atoms with Crippen LogP contribution in [0.5, 0.6) is 0 Å². The predicted molar refractivity (Wildman–Crippen MR) is 62.6 cm³/mol. The third kappa shape index (κ3) is 4.63. The zero-order valence-corrected chi connectivity index (χ0v) is 11.4. The summed E-state index contributed by atoms with van der Waals surface area (Å²) in [7, 11) is 0. The summed E-state index contributed by atoms with van der Waals surface area (Å²) < 4.78 is 10.3. The summed E-state index contributed by atoms with van der Waals surface area (Å²) in [5.74, 6) is -0.372. The molecule has 1 saturated heterocycles. The monoisotopic (exact) mass is 243 g/mol. The summed E-state index contributed by atoms with van der Waals surface area (Å²) >= 11 is 0. The zero-order chi connectivity index (χ0) is 13.4. The number of rotatable bonds is 1. The Bertz CT molecular complexity index is 292. The van der Waals surface area contributed by atoms with Crippen molar-refractivity contribution in [1.29, 1.82) is 0 Å². The van der Waals surface area contributed by atoms with Crippen LogP contribution >= 0.6 is 0 Å². The molecule has 1 aliphatic rings. The fourth-order valence-electron chi connectivity index (χ4n) is 1.23. The smallest absolute Gasteiger partial charge is 0.411 e. The van der Waals surface area contributed by atoms with Crippen molar-refractivity contribution in [3.8, 4) is 0 Å². The van der Waals surface area contributed by atoms with Crippen molar-refractivity contribution < 1.29 is 19.1 Å². The Morgan fingerprint density at radius 3 is 1.88 bits per heavy atom. The molecule has 0 saturated carbocycles. The zero-order valence-electron chi connectivity index (χ0n) is 11.4. The van der Waals surface area contributed by atoms with E-state index in [0.29, 0.717) is 6.54 Å². The molecule has 1 amide bonds. The van der Waals surface area contributed by atoms with Gasteiger partial charge in [-0.15, -0.1) is 0 Å². The van der Waals surface area contributed by atoms with Gasteiger partial charge in [0.1, 0.15) is 11.2 Å². The highest BCUT2D eigenvalue weighted by molar-refractivity contribution is 5.87. The van der Waals surface area contributed by atoms with Crippen LogP contribution in [0.1, 0.15) is 41.5 Å². The van der Waals surface area contributed by atoms with Crippen molar-refractivity contribution >= 4 is 12.1 Å². The molecule has 1 rings (SSSR count). The van der Waals surface area contributed by atoms with Crippen LogP contribution in [0.25, 0.3) is 0 Å². The molecule has 5 nitrogen and oxygen atoms in total. The van der Waals surface area contributed by atoms with Crippen molar-refractivity contribution in [2.45, 2.75) is 58.8 Å². The van der Waals surface area contributed by atoms with Gasteiger partial charge in [-0.2, -0.15) is 0 Å². The number of carbonyl (C=O) groups is 2. The first-order valence-electron chi connectivity index (χ1n) is 5.72. The van der Waals surface area contributed by atoms with Gasteiger partial charge < -0.3 is 9.47 Å². The van der Waals surface area contributed by atoms with E-state index in [-0.39, 0.29) is 5.97 Å². The average molecular weight is 243 g/mol. The van der Waals surface area contributed by atoms with Crippen LogP contribution in [0.3, 0.4) is 0 Å². The molecule has 1 unspecified atom stereocenters. The number of amides is 1. The van der Waals surface area contributed by atoms with Crippen LogP contribution in [0.2, 0.25) is 0 Å². The maximum Gasteiger partial charge on any atom is 0.411 e. The van der Waals surface area contributed by atoms with E-state index in [1.54, 1.807) is 41.5 Å². The number of esters is 1. The molecule has 0 radical (unpaired) electrons.